The zero-order valence-electron chi connectivity index (χ0n) is 13.6. The molecular weight excluding hydrogens is 438 g/mol. The zero-order chi connectivity index (χ0) is 18.8. The molecule has 0 unspecified atom stereocenters. The molecule has 2 N–H and O–H groups in total. The van der Waals surface area contributed by atoms with Gasteiger partial charge in [0.15, 0.2) is 11.5 Å². The third-order valence-electron chi connectivity index (χ3n) is 3.66. The van der Waals surface area contributed by atoms with Crippen molar-refractivity contribution in [1.82, 2.24) is 20.5 Å². The van der Waals surface area contributed by atoms with Crippen molar-refractivity contribution in [3.8, 4) is 28.7 Å². The molecule has 136 valence electrons. The van der Waals surface area contributed by atoms with Gasteiger partial charge in [-0.2, -0.15) is 4.98 Å². The molecular formula is C17H11BrClN5O3. The van der Waals surface area contributed by atoms with E-state index in [2.05, 4.69) is 41.0 Å². The lowest BCUT2D eigenvalue weighted by Crippen LogP contribution is -1.98. The fraction of sp³-hybridized carbons (Fsp3) is 0.0588. The highest BCUT2D eigenvalue weighted by atomic mass is 79.9. The summed E-state index contributed by atoms with van der Waals surface area (Å²) < 4.78 is 16.7. The van der Waals surface area contributed by atoms with Crippen LogP contribution < -0.4 is 10.5 Å². The van der Waals surface area contributed by atoms with Crippen molar-refractivity contribution in [2.75, 3.05) is 5.73 Å². The van der Waals surface area contributed by atoms with Gasteiger partial charge in [0.2, 0.25) is 5.82 Å². The first-order valence-corrected chi connectivity index (χ1v) is 8.87. The predicted molar refractivity (Wildman–Crippen MR) is 101 cm³/mol. The lowest BCUT2D eigenvalue weighted by atomic mass is 10.2. The van der Waals surface area contributed by atoms with Gasteiger partial charge < -0.3 is 15.0 Å². The molecule has 4 rings (SSSR count). The van der Waals surface area contributed by atoms with Crippen LogP contribution in [0.2, 0.25) is 5.02 Å². The second-order valence-electron chi connectivity index (χ2n) is 5.44. The number of halogens is 2. The number of anilines is 1. The van der Waals surface area contributed by atoms with E-state index in [1.165, 1.54) is 0 Å². The molecule has 0 bridgehead atoms. The summed E-state index contributed by atoms with van der Waals surface area (Å²) in [5.41, 5.74) is 7.34. The van der Waals surface area contributed by atoms with Crippen LogP contribution in [0.25, 0.3) is 23.0 Å². The lowest BCUT2D eigenvalue weighted by Gasteiger charge is -2.10. The van der Waals surface area contributed by atoms with E-state index >= 15 is 0 Å². The minimum absolute atomic E-state index is 0.0757. The molecule has 2 aromatic carbocycles. The number of hydrogen-bond acceptors (Lipinski definition) is 8. The van der Waals surface area contributed by atoms with E-state index in [1.807, 2.05) is 36.4 Å². The Bertz CT molecular complexity index is 1100. The first-order valence-electron chi connectivity index (χ1n) is 7.70. The highest BCUT2D eigenvalue weighted by molar-refractivity contribution is 9.10. The van der Waals surface area contributed by atoms with E-state index < -0.39 is 0 Å². The maximum Gasteiger partial charge on any atom is 0.262 e. The summed E-state index contributed by atoms with van der Waals surface area (Å²) in [6.07, 6.45) is 0. The zero-order valence-corrected chi connectivity index (χ0v) is 15.9. The van der Waals surface area contributed by atoms with Gasteiger partial charge >= 0.3 is 0 Å². The Morgan fingerprint density at radius 2 is 1.96 bits per heavy atom. The fourth-order valence-electron chi connectivity index (χ4n) is 2.35. The second kappa shape index (κ2) is 7.37. The van der Waals surface area contributed by atoms with E-state index in [0.717, 1.165) is 10.0 Å². The van der Waals surface area contributed by atoms with Crippen LogP contribution >= 0.6 is 27.5 Å². The highest BCUT2D eigenvalue weighted by Gasteiger charge is 2.20. The summed E-state index contributed by atoms with van der Waals surface area (Å²) in [6.45, 7) is 0.287. The molecule has 0 radical (unpaired) electrons. The largest absolute Gasteiger partial charge is 0.488 e. The third kappa shape index (κ3) is 3.64. The second-order valence-corrected chi connectivity index (χ2v) is 6.76. The quantitative estimate of drug-likeness (QED) is 0.479. The number of nitrogens with two attached hydrogens (primary N) is 1. The molecule has 2 aromatic heterocycles. The van der Waals surface area contributed by atoms with Crippen molar-refractivity contribution in [1.29, 1.82) is 0 Å². The summed E-state index contributed by atoms with van der Waals surface area (Å²) >= 11 is 9.62. The molecule has 0 aliphatic heterocycles. The van der Waals surface area contributed by atoms with Gasteiger partial charge in [-0.3, -0.25) is 0 Å². The Labute approximate surface area is 166 Å². The Kier molecular flexibility index (Phi) is 4.78. The van der Waals surface area contributed by atoms with Gasteiger partial charge in [0.1, 0.15) is 12.4 Å². The fourth-order valence-corrected chi connectivity index (χ4v) is 2.90. The summed E-state index contributed by atoms with van der Waals surface area (Å²) in [6, 6.07) is 12.9. The average molecular weight is 449 g/mol. The number of rotatable bonds is 5. The summed E-state index contributed by atoms with van der Waals surface area (Å²) in [4.78, 5) is 4.31. The number of benzene rings is 2. The van der Waals surface area contributed by atoms with Gasteiger partial charge in [-0.15, -0.1) is 0 Å². The monoisotopic (exact) mass is 447 g/mol. The summed E-state index contributed by atoms with van der Waals surface area (Å²) in [5.74, 6) is 1.04. The van der Waals surface area contributed by atoms with E-state index in [0.29, 0.717) is 16.3 Å². The molecule has 4 aromatic rings. The van der Waals surface area contributed by atoms with Crippen LogP contribution in [0.1, 0.15) is 5.56 Å². The molecule has 0 aliphatic rings. The molecule has 0 amide bonds. The molecule has 0 saturated carbocycles. The van der Waals surface area contributed by atoms with Crippen molar-refractivity contribution < 1.29 is 13.9 Å². The van der Waals surface area contributed by atoms with Crippen LogP contribution in [-0.4, -0.2) is 20.5 Å². The first-order chi connectivity index (χ1) is 13.1. The SMILES string of the molecule is Nc1nonc1-c1noc(-c2cc(Br)ccc2OCc2ccccc2Cl)n1. The van der Waals surface area contributed by atoms with Crippen molar-refractivity contribution in [3.63, 3.8) is 0 Å². The molecule has 0 fully saturated rings. The minimum Gasteiger partial charge on any atom is -0.488 e. The normalized spacial score (nSPS) is 10.9. The molecule has 27 heavy (non-hydrogen) atoms. The van der Waals surface area contributed by atoms with Gasteiger partial charge in [0.05, 0.1) is 5.56 Å². The molecule has 0 atom stereocenters. The van der Waals surface area contributed by atoms with Crippen molar-refractivity contribution in [2.45, 2.75) is 6.61 Å². The molecule has 8 nitrogen and oxygen atoms in total. The van der Waals surface area contributed by atoms with Crippen LogP contribution in [0, 0.1) is 0 Å². The van der Waals surface area contributed by atoms with E-state index in [1.54, 1.807) is 6.07 Å². The number of hydrogen-bond donors (Lipinski definition) is 1. The van der Waals surface area contributed by atoms with Gasteiger partial charge in [-0.05, 0) is 34.6 Å². The lowest BCUT2D eigenvalue weighted by molar-refractivity contribution is 0.306. The van der Waals surface area contributed by atoms with Gasteiger partial charge in [-0.25, -0.2) is 4.63 Å². The average Bonchev–Trinajstić information content (AvgIpc) is 3.30. The Balaban J connectivity index is 1.65. The maximum absolute atomic E-state index is 6.19. The van der Waals surface area contributed by atoms with Crippen LogP contribution in [0.3, 0.4) is 0 Å². The topological polar surface area (TPSA) is 113 Å². The highest BCUT2D eigenvalue weighted by Crippen LogP contribution is 2.34. The molecule has 10 heteroatoms. The number of ether oxygens (including phenoxy) is 1. The van der Waals surface area contributed by atoms with E-state index in [-0.39, 0.29) is 29.8 Å². The van der Waals surface area contributed by atoms with Crippen LogP contribution in [0.4, 0.5) is 5.82 Å². The maximum atomic E-state index is 6.19. The predicted octanol–water partition coefficient (Wildman–Crippen LogP) is 4.36. The summed E-state index contributed by atoms with van der Waals surface area (Å²) in [7, 11) is 0. The Hall–Kier alpha value is -2.91. The Morgan fingerprint density at radius 1 is 1.11 bits per heavy atom. The molecule has 2 heterocycles. The number of nitrogen functional groups attached to an aromatic ring is 1. The molecule has 0 aliphatic carbocycles. The van der Waals surface area contributed by atoms with Crippen molar-refractivity contribution in [3.05, 3.63) is 57.5 Å². The van der Waals surface area contributed by atoms with E-state index in [4.69, 9.17) is 26.6 Å². The number of nitrogens with zero attached hydrogens (tertiary/aromatic N) is 4. The van der Waals surface area contributed by atoms with Gasteiger partial charge in [-0.1, -0.05) is 50.9 Å². The molecule has 0 saturated heterocycles. The summed E-state index contributed by atoms with van der Waals surface area (Å²) in [5, 5.41) is 11.7. The van der Waals surface area contributed by atoms with Crippen molar-refractivity contribution in [2.24, 2.45) is 0 Å². The van der Waals surface area contributed by atoms with Crippen molar-refractivity contribution >= 4 is 33.3 Å². The standard InChI is InChI=1S/C17H11BrClN5O3/c18-10-5-6-13(25-8-9-3-1-2-4-12(9)19)11(7-10)17-21-16(24-26-17)14-15(20)23-27-22-14/h1-7H,8H2,(H2,20,23). The van der Waals surface area contributed by atoms with Gasteiger partial charge in [0, 0.05) is 15.1 Å². The van der Waals surface area contributed by atoms with Crippen LogP contribution in [0.5, 0.6) is 5.75 Å². The first kappa shape index (κ1) is 17.5. The smallest absolute Gasteiger partial charge is 0.262 e. The number of aromatic nitrogens is 4. The minimum atomic E-state index is 0.0757. The third-order valence-corrected chi connectivity index (χ3v) is 4.53. The van der Waals surface area contributed by atoms with Crippen LogP contribution in [0.15, 0.2) is 56.1 Å². The molecule has 0 spiro atoms. The van der Waals surface area contributed by atoms with Gasteiger partial charge in [0.25, 0.3) is 5.89 Å². The van der Waals surface area contributed by atoms with E-state index in [9.17, 15) is 0 Å². The van der Waals surface area contributed by atoms with Crippen LogP contribution in [-0.2, 0) is 6.61 Å². The Morgan fingerprint density at radius 3 is 2.74 bits per heavy atom.